The molecule has 1 amide bonds. The summed E-state index contributed by atoms with van der Waals surface area (Å²) in [5.41, 5.74) is 2.88. The fourth-order valence-electron chi connectivity index (χ4n) is 2.21. The van der Waals surface area contributed by atoms with Crippen LogP contribution in [0.1, 0.15) is 43.0 Å². The SMILES string of the molecule is CCC1(NC(=O)c2cc(Br)cnc2NN)CCC1. The highest BCUT2D eigenvalue weighted by Crippen LogP contribution is 2.35. The summed E-state index contributed by atoms with van der Waals surface area (Å²) < 4.78 is 0.755. The molecule has 18 heavy (non-hydrogen) atoms. The van der Waals surface area contributed by atoms with E-state index in [0.717, 1.165) is 23.7 Å². The van der Waals surface area contributed by atoms with E-state index in [1.54, 1.807) is 12.3 Å². The average molecular weight is 313 g/mol. The van der Waals surface area contributed by atoms with E-state index in [9.17, 15) is 4.79 Å². The first kappa shape index (κ1) is 13.3. The zero-order chi connectivity index (χ0) is 13.2. The van der Waals surface area contributed by atoms with Crippen molar-refractivity contribution < 1.29 is 4.79 Å². The van der Waals surface area contributed by atoms with Crippen LogP contribution in [0.4, 0.5) is 5.82 Å². The Kier molecular flexibility index (Phi) is 3.87. The Labute approximate surface area is 115 Å². The van der Waals surface area contributed by atoms with Crippen molar-refractivity contribution in [2.75, 3.05) is 5.43 Å². The molecule has 0 atom stereocenters. The number of pyridine rings is 1. The Morgan fingerprint density at radius 3 is 2.83 bits per heavy atom. The molecular formula is C12H17BrN4O. The van der Waals surface area contributed by atoms with Crippen molar-refractivity contribution in [3.63, 3.8) is 0 Å². The number of nitrogen functional groups attached to an aromatic ring is 1. The zero-order valence-corrected chi connectivity index (χ0v) is 11.9. The van der Waals surface area contributed by atoms with Gasteiger partial charge in [0.25, 0.3) is 5.91 Å². The van der Waals surface area contributed by atoms with Crippen LogP contribution in [0, 0.1) is 0 Å². The maximum absolute atomic E-state index is 12.3. The fourth-order valence-corrected chi connectivity index (χ4v) is 2.54. The normalized spacial score (nSPS) is 16.8. The van der Waals surface area contributed by atoms with Gasteiger partial charge >= 0.3 is 0 Å². The Balaban J connectivity index is 2.20. The summed E-state index contributed by atoms with van der Waals surface area (Å²) in [6.45, 7) is 2.10. The van der Waals surface area contributed by atoms with Crippen molar-refractivity contribution in [1.29, 1.82) is 0 Å². The van der Waals surface area contributed by atoms with Gasteiger partial charge in [0.05, 0.1) is 5.56 Å². The standard InChI is InChI=1S/C12H17BrN4O/c1-2-12(4-3-5-12)16-11(18)9-6-8(13)7-15-10(9)17-14/h6-7H,2-5,14H2,1H3,(H,15,17)(H,16,18). The van der Waals surface area contributed by atoms with Crippen molar-refractivity contribution in [3.8, 4) is 0 Å². The third-order valence-electron chi connectivity index (χ3n) is 3.60. The van der Waals surface area contributed by atoms with E-state index in [1.807, 2.05) is 0 Å². The third kappa shape index (κ3) is 2.49. The Bertz CT molecular complexity index is 454. The van der Waals surface area contributed by atoms with E-state index < -0.39 is 0 Å². The fraction of sp³-hybridized carbons (Fsp3) is 0.500. The van der Waals surface area contributed by atoms with Crippen molar-refractivity contribution in [3.05, 3.63) is 22.3 Å². The number of amides is 1. The van der Waals surface area contributed by atoms with Crippen LogP contribution in [0.25, 0.3) is 0 Å². The number of carbonyl (C=O) groups excluding carboxylic acids is 1. The number of halogens is 1. The molecule has 1 heterocycles. The molecular weight excluding hydrogens is 296 g/mol. The predicted molar refractivity (Wildman–Crippen MR) is 74.1 cm³/mol. The number of hydrazine groups is 1. The van der Waals surface area contributed by atoms with Crippen LogP contribution in [0.3, 0.4) is 0 Å². The van der Waals surface area contributed by atoms with E-state index in [1.165, 1.54) is 6.42 Å². The zero-order valence-electron chi connectivity index (χ0n) is 10.3. The molecule has 6 heteroatoms. The van der Waals surface area contributed by atoms with Gasteiger partial charge in [-0.25, -0.2) is 10.8 Å². The maximum Gasteiger partial charge on any atom is 0.255 e. The van der Waals surface area contributed by atoms with Gasteiger partial charge in [0, 0.05) is 16.2 Å². The molecule has 98 valence electrons. The van der Waals surface area contributed by atoms with Crippen LogP contribution in [0.5, 0.6) is 0 Å². The summed E-state index contributed by atoms with van der Waals surface area (Å²) >= 11 is 3.31. The van der Waals surface area contributed by atoms with Crippen LogP contribution < -0.4 is 16.6 Å². The second-order valence-corrected chi connectivity index (χ2v) is 5.55. The van der Waals surface area contributed by atoms with Crippen molar-refractivity contribution in [2.45, 2.75) is 38.1 Å². The summed E-state index contributed by atoms with van der Waals surface area (Å²) in [6.07, 6.45) is 5.81. The van der Waals surface area contributed by atoms with Crippen LogP contribution in [-0.4, -0.2) is 16.4 Å². The van der Waals surface area contributed by atoms with Gasteiger partial charge < -0.3 is 10.7 Å². The second-order valence-electron chi connectivity index (χ2n) is 4.64. The molecule has 1 saturated carbocycles. The lowest BCUT2D eigenvalue weighted by atomic mass is 9.74. The first-order valence-corrected chi connectivity index (χ1v) is 6.84. The van der Waals surface area contributed by atoms with Gasteiger partial charge in [0.2, 0.25) is 0 Å². The molecule has 0 saturated heterocycles. The van der Waals surface area contributed by atoms with Crippen LogP contribution in [0.15, 0.2) is 16.7 Å². The van der Waals surface area contributed by atoms with E-state index in [4.69, 9.17) is 5.84 Å². The average Bonchev–Trinajstić information content (AvgIpc) is 2.33. The van der Waals surface area contributed by atoms with E-state index in [2.05, 4.69) is 38.6 Å². The molecule has 0 spiro atoms. The number of aromatic nitrogens is 1. The minimum atomic E-state index is -0.127. The number of nitrogens with one attached hydrogen (secondary N) is 2. The van der Waals surface area contributed by atoms with Gasteiger partial charge in [0.15, 0.2) is 5.82 Å². The highest BCUT2D eigenvalue weighted by molar-refractivity contribution is 9.10. The molecule has 5 nitrogen and oxygen atoms in total. The lowest BCUT2D eigenvalue weighted by molar-refractivity contribution is 0.0821. The molecule has 1 aromatic rings. The maximum atomic E-state index is 12.3. The first-order chi connectivity index (χ1) is 8.60. The molecule has 2 rings (SSSR count). The highest BCUT2D eigenvalue weighted by Gasteiger charge is 2.37. The molecule has 1 fully saturated rings. The smallest absolute Gasteiger partial charge is 0.255 e. The predicted octanol–water partition coefficient (Wildman–Crippen LogP) is 2.19. The molecule has 1 aliphatic rings. The van der Waals surface area contributed by atoms with Crippen molar-refractivity contribution in [2.24, 2.45) is 5.84 Å². The number of carbonyl (C=O) groups is 1. The van der Waals surface area contributed by atoms with Crippen LogP contribution in [-0.2, 0) is 0 Å². The molecule has 1 aliphatic carbocycles. The van der Waals surface area contributed by atoms with Gasteiger partial charge in [-0.05, 0) is 47.7 Å². The van der Waals surface area contributed by atoms with Crippen molar-refractivity contribution >= 4 is 27.7 Å². The number of rotatable bonds is 4. The quantitative estimate of drug-likeness (QED) is 0.588. The van der Waals surface area contributed by atoms with E-state index in [0.29, 0.717) is 11.4 Å². The Morgan fingerprint density at radius 2 is 2.33 bits per heavy atom. The van der Waals surface area contributed by atoms with Crippen LogP contribution >= 0.6 is 15.9 Å². The minimum Gasteiger partial charge on any atom is -0.346 e. The summed E-state index contributed by atoms with van der Waals surface area (Å²) in [6, 6.07) is 1.72. The second kappa shape index (κ2) is 5.24. The molecule has 4 N–H and O–H groups in total. The highest BCUT2D eigenvalue weighted by atomic mass is 79.9. The first-order valence-electron chi connectivity index (χ1n) is 6.05. The van der Waals surface area contributed by atoms with Gasteiger partial charge in [-0.1, -0.05) is 6.92 Å². The topological polar surface area (TPSA) is 80.0 Å². The molecule has 0 unspecified atom stereocenters. The van der Waals surface area contributed by atoms with Crippen molar-refractivity contribution in [1.82, 2.24) is 10.3 Å². The summed E-state index contributed by atoms with van der Waals surface area (Å²) in [5, 5.41) is 3.10. The number of hydrogen-bond acceptors (Lipinski definition) is 4. The number of hydrogen-bond donors (Lipinski definition) is 3. The molecule has 1 aromatic heterocycles. The van der Waals surface area contributed by atoms with E-state index in [-0.39, 0.29) is 11.4 Å². The molecule has 0 aliphatic heterocycles. The largest absolute Gasteiger partial charge is 0.346 e. The van der Waals surface area contributed by atoms with Crippen LogP contribution in [0.2, 0.25) is 0 Å². The monoisotopic (exact) mass is 312 g/mol. The summed E-state index contributed by atoms with van der Waals surface area (Å²) in [7, 11) is 0. The van der Waals surface area contributed by atoms with Gasteiger partial charge in [0.1, 0.15) is 0 Å². The Morgan fingerprint density at radius 1 is 1.61 bits per heavy atom. The minimum absolute atomic E-state index is 0.0364. The Hall–Kier alpha value is -1.14. The third-order valence-corrected chi connectivity index (χ3v) is 4.04. The number of anilines is 1. The molecule has 0 aromatic carbocycles. The molecule has 0 bridgehead atoms. The van der Waals surface area contributed by atoms with Gasteiger partial charge in [-0.15, -0.1) is 0 Å². The number of nitrogens with two attached hydrogens (primary N) is 1. The van der Waals surface area contributed by atoms with E-state index >= 15 is 0 Å². The number of nitrogens with zero attached hydrogens (tertiary/aromatic N) is 1. The summed E-state index contributed by atoms with van der Waals surface area (Å²) in [5.74, 6) is 5.64. The molecule has 0 radical (unpaired) electrons. The van der Waals surface area contributed by atoms with Gasteiger partial charge in [-0.2, -0.15) is 0 Å². The van der Waals surface area contributed by atoms with Gasteiger partial charge in [-0.3, -0.25) is 4.79 Å². The lowest BCUT2D eigenvalue weighted by Crippen LogP contribution is -2.53. The lowest BCUT2D eigenvalue weighted by Gasteiger charge is -2.42. The summed E-state index contributed by atoms with van der Waals surface area (Å²) in [4.78, 5) is 16.4.